The molecule has 1 aromatic heterocycles. The highest BCUT2D eigenvalue weighted by atomic mass is 127. The van der Waals surface area contributed by atoms with Crippen molar-refractivity contribution >= 4 is 40.8 Å². The summed E-state index contributed by atoms with van der Waals surface area (Å²) in [6.45, 7) is 3.89. The number of hydrogen-bond acceptors (Lipinski definition) is 1. The molecular formula is C17H26FIN4. The van der Waals surface area contributed by atoms with Crippen molar-refractivity contribution in [1.29, 1.82) is 0 Å². The number of aliphatic imine (C=N–C) groups is 1. The first kappa shape index (κ1) is 19.7. The molecule has 1 heterocycles. The number of benzene rings is 1. The molecule has 4 nitrogen and oxygen atoms in total. The van der Waals surface area contributed by atoms with Gasteiger partial charge in [-0.1, -0.05) is 19.8 Å². The van der Waals surface area contributed by atoms with E-state index >= 15 is 0 Å². The van der Waals surface area contributed by atoms with Gasteiger partial charge in [0.25, 0.3) is 0 Å². The van der Waals surface area contributed by atoms with Gasteiger partial charge in [0.05, 0.1) is 0 Å². The van der Waals surface area contributed by atoms with Crippen LogP contribution in [0.4, 0.5) is 4.39 Å². The first-order valence-corrected chi connectivity index (χ1v) is 7.94. The molecule has 0 fully saturated rings. The molecule has 0 saturated carbocycles. The molecule has 0 aliphatic carbocycles. The van der Waals surface area contributed by atoms with Crippen LogP contribution >= 0.6 is 24.0 Å². The molecule has 0 radical (unpaired) electrons. The molecule has 0 saturated heterocycles. The van der Waals surface area contributed by atoms with Gasteiger partial charge in [0.2, 0.25) is 0 Å². The van der Waals surface area contributed by atoms with E-state index in [2.05, 4.69) is 27.5 Å². The van der Waals surface area contributed by atoms with Gasteiger partial charge in [-0.05, 0) is 36.6 Å². The second-order valence-corrected chi connectivity index (χ2v) is 5.39. The molecular weight excluding hydrogens is 406 g/mol. The lowest BCUT2D eigenvalue weighted by atomic mass is 10.1. The molecule has 2 rings (SSSR count). The van der Waals surface area contributed by atoms with Crippen LogP contribution in [0.2, 0.25) is 0 Å². The summed E-state index contributed by atoms with van der Waals surface area (Å²) in [4.78, 5) is 7.38. The molecule has 6 heteroatoms. The van der Waals surface area contributed by atoms with Crippen LogP contribution in [-0.2, 0) is 6.42 Å². The van der Waals surface area contributed by atoms with E-state index in [0.717, 1.165) is 48.4 Å². The summed E-state index contributed by atoms with van der Waals surface area (Å²) in [6.07, 6.45) is 6.36. The number of nitrogens with one attached hydrogen (secondary N) is 3. The van der Waals surface area contributed by atoms with Gasteiger partial charge < -0.3 is 15.6 Å². The minimum absolute atomic E-state index is 0. The SMILES string of the molecule is CCCCCNC(=NC)NCCc1c[nH]c2ccc(F)cc12.I. The number of H-pyrrole nitrogens is 1. The molecule has 2 aromatic rings. The number of hydrogen-bond donors (Lipinski definition) is 3. The lowest BCUT2D eigenvalue weighted by molar-refractivity contribution is 0.629. The number of halogens is 2. The van der Waals surface area contributed by atoms with Crippen molar-refractivity contribution in [3.8, 4) is 0 Å². The molecule has 0 amide bonds. The Balaban J connectivity index is 0.00000264. The third-order valence-corrected chi connectivity index (χ3v) is 3.71. The summed E-state index contributed by atoms with van der Waals surface area (Å²) in [5, 5.41) is 7.55. The van der Waals surface area contributed by atoms with Crippen LogP contribution in [-0.4, -0.2) is 31.1 Å². The summed E-state index contributed by atoms with van der Waals surface area (Å²) >= 11 is 0. The number of aromatic nitrogens is 1. The third-order valence-electron chi connectivity index (χ3n) is 3.71. The Hall–Kier alpha value is -1.31. The van der Waals surface area contributed by atoms with Crippen molar-refractivity contribution in [3.63, 3.8) is 0 Å². The third kappa shape index (κ3) is 6.01. The fourth-order valence-corrected chi connectivity index (χ4v) is 2.48. The maximum Gasteiger partial charge on any atom is 0.190 e. The first-order valence-electron chi connectivity index (χ1n) is 7.94. The van der Waals surface area contributed by atoms with Crippen molar-refractivity contribution in [3.05, 3.63) is 35.8 Å². The van der Waals surface area contributed by atoms with Gasteiger partial charge in [-0.25, -0.2) is 4.39 Å². The lowest BCUT2D eigenvalue weighted by Crippen LogP contribution is -2.38. The summed E-state index contributed by atoms with van der Waals surface area (Å²) in [7, 11) is 1.77. The van der Waals surface area contributed by atoms with E-state index in [4.69, 9.17) is 0 Å². The molecule has 1 aromatic carbocycles. The Morgan fingerprint density at radius 3 is 2.74 bits per heavy atom. The van der Waals surface area contributed by atoms with Crippen LogP contribution in [0.15, 0.2) is 29.4 Å². The zero-order valence-corrected chi connectivity index (χ0v) is 16.1. The van der Waals surface area contributed by atoms with Gasteiger partial charge in [-0.2, -0.15) is 0 Å². The molecule has 23 heavy (non-hydrogen) atoms. The Morgan fingerprint density at radius 1 is 1.22 bits per heavy atom. The monoisotopic (exact) mass is 432 g/mol. The van der Waals surface area contributed by atoms with E-state index < -0.39 is 0 Å². The van der Waals surface area contributed by atoms with Gasteiger partial charge in [-0.15, -0.1) is 24.0 Å². The minimum Gasteiger partial charge on any atom is -0.361 e. The zero-order valence-electron chi connectivity index (χ0n) is 13.8. The highest BCUT2D eigenvalue weighted by Gasteiger charge is 2.05. The Kier molecular flexibility index (Phi) is 8.98. The summed E-state index contributed by atoms with van der Waals surface area (Å²) in [5.74, 6) is 0.622. The fourth-order valence-electron chi connectivity index (χ4n) is 2.48. The van der Waals surface area contributed by atoms with Gasteiger partial charge in [0.1, 0.15) is 5.82 Å². The van der Waals surface area contributed by atoms with E-state index in [1.807, 2.05) is 6.20 Å². The zero-order chi connectivity index (χ0) is 15.8. The van der Waals surface area contributed by atoms with Gasteiger partial charge in [0.15, 0.2) is 5.96 Å². The van der Waals surface area contributed by atoms with Gasteiger partial charge in [-0.3, -0.25) is 4.99 Å². The molecule has 0 unspecified atom stereocenters. The molecule has 0 aliphatic rings. The predicted octanol–water partition coefficient (Wildman–Crippen LogP) is 3.82. The van der Waals surface area contributed by atoms with Crippen LogP contribution in [0.1, 0.15) is 31.7 Å². The molecule has 0 atom stereocenters. The Morgan fingerprint density at radius 2 is 2.00 bits per heavy atom. The maximum atomic E-state index is 13.3. The van der Waals surface area contributed by atoms with Crippen molar-refractivity contribution < 1.29 is 4.39 Å². The number of aromatic amines is 1. The van der Waals surface area contributed by atoms with Crippen molar-refractivity contribution in [2.45, 2.75) is 32.6 Å². The average Bonchev–Trinajstić information content (AvgIpc) is 2.92. The van der Waals surface area contributed by atoms with Gasteiger partial charge in [0, 0.05) is 37.2 Å². The topological polar surface area (TPSA) is 52.2 Å². The summed E-state index contributed by atoms with van der Waals surface area (Å²) in [6, 6.07) is 4.83. The number of unbranched alkanes of at least 4 members (excludes halogenated alkanes) is 2. The number of guanidine groups is 1. The van der Waals surface area contributed by atoms with Crippen molar-refractivity contribution in [2.75, 3.05) is 20.1 Å². The molecule has 0 aliphatic heterocycles. The maximum absolute atomic E-state index is 13.3. The smallest absolute Gasteiger partial charge is 0.190 e. The molecule has 0 spiro atoms. The Bertz CT molecular complexity index is 624. The summed E-state index contributed by atoms with van der Waals surface area (Å²) < 4.78 is 13.3. The lowest BCUT2D eigenvalue weighted by Gasteiger charge is -2.11. The average molecular weight is 432 g/mol. The van der Waals surface area contributed by atoms with Gasteiger partial charge >= 0.3 is 0 Å². The second kappa shape index (κ2) is 10.5. The predicted molar refractivity (Wildman–Crippen MR) is 106 cm³/mol. The largest absolute Gasteiger partial charge is 0.361 e. The normalized spacial score (nSPS) is 11.3. The summed E-state index contributed by atoms with van der Waals surface area (Å²) in [5.41, 5.74) is 2.09. The van der Waals surface area contributed by atoms with E-state index in [1.54, 1.807) is 19.2 Å². The van der Waals surface area contributed by atoms with E-state index in [0.29, 0.717) is 0 Å². The van der Waals surface area contributed by atoms with Crippen molar-refractivity contribution in [1.82, 2.24) is 15.6 Å². The Labute approximate surface area is 154 Å². The van der Waals surface area contributed by atoms with Crippen molar-refractivity contribution in [2.24, 2.45) is 4.99 Å². The second-order valence-electron chi connectivity index (χ2n) is 5.39. The highest BCUT2D eigenvalue weighted by Crippen LogP contribution is 2.19. The van der Waals surface area contributed by atoms with Crippen LogP contribution in [0.5, 0.6) is 0 Å². The van der Waals surface area contributed by atoms with E-state index in [9.17, 15) is 4.39 Å². The van der Waals surface area contributed by atoms with Crippen LogP contribution in [0.25, 0.3) is 10.9 Å². The van der Waals surface area contributed by atoms with Crippen LogP contribution < -0.4 is 10.6 Å². The fraction of sp³-hybridized carbons (Fsp3) is 0.471. The number of fused-ring (bicyclic) bond motifs is 1. The van der Waals surface area contributed by atoms with E-state index in [1.165, 1.54) is 18.9 Å². The van der Waals surface area contributed by atoms with Crippen LogP contribution in [0, 0.1) is 5.82 Å². The first-order chi connectivity index (χ1) is 10.7. The molecule has 128 valence electrons. The van der Waals surface area contributed by atoms with E-state index in [-0.39, 0.29) is 29.8 Å². The quantitative estimate of drug-likeness (QED) is 0.270. The van der Waals surface area contributed by atoms with Crippen LogP contribution in [0.3, 0.4) is 0 Å². The number of rotatable bonds is 7. The minimum atomic E-state index is -0.199. The number of nitrogens with zero attached hydrogens (tertiary/aromatic N) is 1. The standard InChI is InChI=1S/C17H25FN4.HI/c1-3-4-5-9-20-17(19-2)21-10-8-13-12-22-16-7-6-14(18)11-15(13)16;/h6-7,11-12,22H,3-5,8-10H2,1-2H3,(H2,19,20,21);1H. The molecule has 3 N–H and O–H groups in total. The highest BCUT2D eigenvalue weighted by molar-refractivity contribution is 14.0. The molecule has 0 bridgehead atoms.